The zero-order chi connectivity index (χ0) is 18.2. The van der Waals surface area contributed by atoms with Crippen molar-refractivity contribution in [2.24, 2.45) is 5.92 Å². The second kappa shape index (κ2) is 9.00. The monoisotopic (exact) mass is 355 g/mol. The number of hydrogen-bond acceptors (Lipinski definition) is 4. The van der Waals surface area contributed by atoms with Gasteiger partial charge in [-0.15, -0.1) is 11.3 Å². The lowest BCUT2D eigenvalue weighted by Crippen LogP contribution is -2.47. The molecule has 1 aromatic heterocycles. The maximum absolute atomic E-state index is 12.5. The molecule has 2 N–H and O–H groups in total. The third-order valence-electron chi connectivity index (χ3n) is 3.62. The van der Waals surface area contributed by atoms with Gasteiger partial charge in [0.1, 0.15) is 12.6 Å². The second-order valence-electron chi connectivity index (χ2n) is 6.09. The minimum absolute atomic E-state index is 0.0706. The highest BCUT2D eigenvalue weighted by atomic mass is 32.1. The van der Waals surface area contributed by atoms with Crippen LogP contribution in [0.4, 0.5) is 0 Å². The van der Waals surface area contributed by atoms with Crippen LogP contribution in [0.3, 0.4) is 0 Å². The Hall–Kier alpha value is -2.65. The SMILES string of the molecule is CC(C)C[C@H](NC(=O)c1ccc(-c2cccs2)cc1)C(=O)NCC#N. The summed E-state index contributed by atoms with van der Waals surface area (Å²) in [5, 5.41) is 15.9. The van der Waals surface area contributed by atoms with E-state index >= 15 is 0 Å². The van der Waals surface area contributed by atoms with E-state index in [0.717, 1.165) is 10.4 Å². The van der Waals surface area contributed by atoms with Crippen molar-refractivity contribution >= 4 is 23.2 Å². The molecule has 130 valence electrons. The lowest BCUT2D eigenvalue weighted by atomic mass is 10.0. The van der Waals surface area contributed by atoms with Gasteiger partial charge >= 0.3 is 0 Å². The first-order valence-corrected chi connectivity index (χ1v) is 8.98. The maximum atomic E-state index is 12.5. The minimum Gasteiger partial charge on any atom is -0.341 e. The molecule has 0 radical (unpaired) electrons. The molecule has 2 rings (SSSR count). The van der Waals surface area contributed by atoms with Gasteiger partial charge in [-0.05, 0) is 41.5 Å². The number of rotatable bonds is 7. The average molecular weight is 355 g/mol. The van der Waals surface area contributed by atoms with E-state index in [0.29, 0.717) is 12.0 Å². The van der Waals surface area contributed by atoms with E-state index in [2.05, 4.69) is 10.6 Å². The van der Waals surface area contributed by atoms with E-state index in [1.54, 1.807) is 23.5 Å². The summed E-state index contributed by atoms with van der Waals surface area (Å²) in [4.78, 5) is 25.7. The maximum Gasteiger partial charge on any atom is 0.251 e. The summed E-state index contributed by atoms with van der Waals surface area (Å²) in [6.45, 7) is 3.89. The standard InChI is InChI=1S/C19H21N3O2S/c1-13(2)12-16(19(24)21-10-9-20)22-18(23)15-7-5-14(6-8-15)17-4-3-11-25-17/h3-8,11,13,16H,10,12H2,1-2H3,(H,21,24)(H,22,23)/t16-/m0/s1. The molecule has 6 heteroatoms. The Bertz CT molecular complexity index is 746. The number of nitrogens with zero attached hydrogens (tertiary/aromatic N) is 1. The third-order valence-corrected chi connectivity index (χ3v) is 4.54. The first-order valence-electron chi connectivity index (χ1n) is 8.10. The summed E-state index contributed by atoms with van der Waals surface area (Å²) in [7, 11) is 0. The van der Waals surface area contributed by atoms with Crippen LogP contribution in [0, 0.1) is 17.2 Å². The molecule has 0 unspecified atom stereocenters. The molecular weight excluding hydrogens is 334 g/mol. The molecule has 25 heavy (non-hydrogen) atoms. The van der Waals surface area contributed by atoms with Crippen molar-refractivity contribution in [2.75, 3.05) is 6.54 Å². The Labute approximate surface area is 151 Å². The van der Waals surface area contributed by atoms with Crippen molar-refractivity contribution in [1.82, 2.24) is 10.6 Å². The van der Waals surface area contributed by atoms with Crippen molar-refractivity contribution in [3.8, 4) is 16.5 Å². The van der Waals surface area contributed by atoms with E-state index in [1.807, 2.05) is 49.6 Å². The molecule has 0 fully saturated rings. The fourth-order valence-corrected chi connectivity index (χ4v) is 3.16. The van der Waals surface area contributed by atoms with Crippen molar-refractivity contribution in [1.29, 1.82) is 5.26 Å². The molecule has 0 aliphatic heterocycles. The van der Waals surface area contributed by atoms with E-state index in [1.165, 1.54) is 0 Å². The normalized spacial score (nSPS) is 11.6. The first-order chi connectivity index (χ1) is 12.0. The number of thiophene rings is 1. The van der Waals surface area contributed by atoms with Gasteiger partial charge in [-0.25, -0.2) is 0 Å². The lowest BCUT2D eigenvalue weighted by Gasteiger charge is -2.19. The zero-order valence-electron chi connectivity index (χ0n) is 14.3. The van der Waals surface area contributed by atoms with Crippen LogP contribution < -0.4 is 10.6 Å². The van der Waals surface area contributed by atoms with Gasteiger partial charge in [0.25, 0.3) is 5.91 Å². The van der Waals surface area contributed by atoms with Crippen molar-refractivity contribution in [3.63, 3.8) is 0 Å². The smallest absolute Gasteiger partial charge is 0.251 e. The fraction of sp³-hybridized carbons (Fsp3) is 0.316. The molecule has 0 aliphatic carbocycles. The number of nitriles is 1. The Balaban J connectivity index is 2.06. The Morgan fingerprint density at radius 2 is 1.92 bits per heavy atom. The van der Waals surface area contributed by atoms with E-state index in [4.69, 9.17) is 5.26 Å². The third kappa shape index (κ3) is 5.44. The molecule has 5 nitrogen and oxygen atoms in total. The van der Waals surface area contributed by atoms with Crippen LogP contribution in [-0.4, -0.2) is 24.4 Å². The van der Waals surface area contributed by atoms with Crippen molar-refractivity contribution in [3.05, 3.63) is 47.3 Å². The fourth-order valence-electron chi connectivity index (χ4n) is 2.42. The highest BCUT2D eigenvalue weighted by Crippen LogP contribution is 2.24. The van der Waals surface area contributed by atoms with Crippen molar-refractivity contribution < 1.29 is 9.59 Å². The van der Waals surface area contributed by atoms with Gasteiger partial charge in [-0.3, -0.25) is 9.59 Å². The lowest BCUT2D eigenvalue weighted by molar-refractivity contribution is -0.123. The van der Waals surface area contributed by atoms with Gasteiger partial charge in [-0.2, -0.15) is 5.26 Å². The van der Waals surface area contributed by atoms with Crippen LogP contribution >= 0.6 is 11.3 Å². The number of benzene rings is 1. The van der Waals surface area contributed by atoms with Gasteiger partial charge in [0.15, 0.2) is 0 Å². The molecule has 1 aromatic carbocycles. The van der Waals surface area contributed by atoms with E-state index in [-0.39, 0.29) is 24.3 Å². The summed E-state index contributed by atoms with van der Waals surface area (Å²) in [5.41, 5.74) is 1.55. The van der Waals surface area contributed by atoms with Gasteiger partial charge in [-0.1, -0.05) is 32.0 Å². The Morgan fingerprint density at radius 1 is 1.20 bits per heavy atom. The quantitative estimate of drug-likeness (QED) is 0.748. The predicted octanol–water partition coefficient (Wildman–Crippen LogP) is 3.20. The molecule has 0 saturated carbocycles. The van der Waals surface area contributed by atoms with Crippen LogP contribution in [0.1, 0.15) is 30.6 Å². The molecule has 1 atom stereocenters. The number of amides is 2. The Morgan fingerprint density at radius 3 is 2.48 bits per heavy atom. The summed E-state index contributed by atoms with van der Waals surface area (Å²) in [5.74, 6) is -0.395. The molecule has 2 aromatic rings. The van der Waals surface area contributed by atoms with Crippen LogP contribution in [-0.2, 0) is 4.79 Å². The highest BCUT2D eigenvalue weighted by Gasteiger charge is 2.22. The number of carbonyl (C=O) groups is 2. The van der Waals surface area contributed by atoms with Gasteiger partial charge < -0.3 is 10.6 Å². The van der Waals surface area contributed by atoms with Crippen LogP contribution in [0.5, 0.6) is 0 Å². The molecular formula is C19H21N3O2S. The molecule has 0 saturated heterocycles. The first kappa shape index (κ1) is 18.7. The zero-order valence-corrected chi connectivity index (χ0v) is 15.1. The van der Waals surface area contributed by atoms with Gasteiger partial charge in [0, 0.05) is 10.4 Å². The largest absolute Gasteiger partial charge is 0.341 e. The second-order valence-corrected chi connectivity index (χ2v) is 7.03. The van der Waals surface area contributed by atoms with E-state index in [9.17, 15) is 9.59 Å². The predicted molar refractivity (Wildman–Crippen MR) is 99.1 cm³/mol. The van der Waals surface area contributed by atoms with Crippen molar-refractivity contribution in [2.45, 2.75) is 26.3 Å². The van der Waals surface area contributed by atoms with Crippen LogP contribution in [0.25, 0.3) is 10.4 Å². The summed E-state index contributed by atoms with van der Waals surface area (Å²) >= 11 is 1.64. The summed E-state index contributed by atoms with van der Waals surface area (Å²) in [6.07, 6.45) is 0.510. The molecule has 2 amide bonds. The average Bonchev–Trinajstić information content (AvgIpc) is 3.13. The minimum atomic E-state index is -0.655. The molecule has 1 heterocycles. The number of hydrogen-bond donors (Lipinski definition) is 2. The Kier molecular flexibility index (Phi) is 6.72. The van der Waals surface area contributed by atoms with Crippen LogP contribution in [0.2, 0.25) is 0 Å². The summed E-state index contributed by atoms with van der Waals surface area (Å²) in [6, 6.07) is 12.5. The van der Waals surface area contributed by atoms with E-state index < -0.39 is 6.04 Å². The van der Waals surface area contributed by atoms with Crippen LogP contribution in [0.15, 0.2) is 41.8 Å². The van der Waals surface area contributed by atoms with Gasteiger partial charge in [0.2, 0.25) is 5.91 Å². The molecule has 0 aliphatic rings. The molecule has 0 spiro atoms. The molecule has 0 bridgehead atoms. The van der Waals surface area contributed by atoms with Gasteiger partial charge in [0.05, 0.1) is 6.07 Å². The number of nitrogens with one attached hydrogen (secondary N) is 2. The highest BCUT2D eigenvalue weighted by molar-refractivity contribution is 7.13. The summed E-state index contributed by atoms with van der Waals surface area (Å²) < 4.78 is 0. The number of carbonyl (C=O) groups excluding carboxylic acids is 2. The topological polar surface area (TPSA) is 82.0 Å².